The first-order valence-electron chi connectivity index (χ1n) is 8.81. The fraction of sp³-hybridized carbons (Fsp3) is 0.611. The fourth-order valence-corrected chi connectivity index (χ4v) is 4.52. The van der Waals surface area contributed by atoms with E-state index in [2.05, 4.69) is 6.58 Å². The van der Waals surface area contributed by atoms with Gasteiger partial charge in [0, 0.05) is 30.8 Å². The summed E-state index contributed by atoms with van der Waals surface area (Å²) in [5, 5.41) is 0. The van der Waals surface area contributed by atoms with Crippen LogP contribution in [0.25, 0.3) is 0 Å². The summed E-state index contributed by atoms with van der Waals surface area (Å²) in [5.41, 5.74) is 0.685. The number of carbonyl (C=O) groups is 1. The van der Waals surface area contributed by atoms with Gasteiger partial charge in [-0.05, 0) is 26.3 Å². The number of morpholine rings is 1. The Morgan fingerprint density at radius 1 is 1.46 bits per heavy atom. The molecule has 144 valence electrons. The Balaban J connectivity index is 1.63. The number of ether oxygens (including phenoxy) is 2. The molecule has 3 fully saturated rings. The molecule has 0 aliphatic carbocycles. The Morgan fingerprint density at radius 3 is 2.65 bits per heavy atom. The van der Waals surface area contributed by atoms with Crippen molar-refractivity contribution in [2.24, 2.45) is 5.41 Å². The standard InChI is InChI=1S/C18H26N2O5S/c1-4-6-16-14(5-2)20(26(22)23)13(3)15(25-16)7-8-17(21)19-9-18(10-19)11-24-12-18/h4-6,13,15H,1,7-12H2,2-3H3,(H,22,23)/p-1/b14-5+,16-6+/t13-,15?/m1/s1. The zero-order valence-corrected chi connectivity index (χ0v) is 16.0. The van der Waals surface area contributed by atoms with E-state index in [0.717, 1.165) is 26.3 Å². The van der Waals surface area contributed by atoms with Crippen molar-refractivity contribution in [3.05, 3.63) is 36.3 Å². The minimum atomic E-state index is -2.42. The van der Waals surface area contributed by atoms with E-state index in [1.807, 2.05) is 4.90 Å². The van der Waals surface area contributed by atoms with Crippen molar-refractivity contribution in [3.8, 4) is 0 Å². The summed E-state index contributed by atoms with van der Waals surface area (Å²) in [6.45, 7) is 10.2. The number of nitrogens with zero attached hydrogens (tertiary/aromatic N) is 2. The van der Waals surface area contributed by atoms with E-state index < -0.39 is 23.4 Å². The molecule has 0 bridgehead atoms. The van der Waals surface area contributed by atoms with Gasteiger partial charge in [0.05, 0.1) is 30.4 Å². The van der Waals surface area contributed by atoms with Gasteiger partial charge < -0.3 is 18.9 Å². The van der Waals surface area contributed by atoms with Crippen LogP contribution >= 0.6 is 0 Å². The lowest BCUT2D eigenvalue weighted by Crippen LogP contribution is -2.67. The molecule has 0 N–H and O–H groups in total. The Bertz CT molecular complexity index is 662. The minimum Gasteiger partial charge on any atom is -0.755 e. The Kier molecular flexibility index (Phi) is 5.55. The largest absolute Gasteiger partial charge is 0.755 e. The van der Waals surface area contributed by atoms with E-state index in [1.165, 1.54) is 4.31 Å². The van der Waals surface area contributed by atoms with Crippen LogP contribution < -0.4 is 0 Å². The predicted molar refractivity (Wildman–Crippen MR) is 96.2 cm³/mol. The van der Waals surface area contributed by atoms with Gasteiger partial charge in [0.15, 0.2) is 0 Å². The topological polar surface area (TPSA) is 82.1 Å². The number of rotatable bonds is 5. The van der Waals surface area contributed by atoms with Crippen molar-refractivity contribution >= 4 is 17.2 Å². The van der Waals surface area contributed by atoms with Crippen molar-refractivity contribution in [3.63, 3.8) is 0 Å². The average molecular weight is 381 g/mol. The van der Waals surface area contributed by atoms with Gasteiger partial charge in [-0.15, -0.1) is 0 Å². The molecular formula is C18H25N2O5S-. The van der Waals surface area contributed by atoms with Crippen LogP contribution in [0.3, 0.4) is 0 Å². The second-order valence-corrected chi connectivity index (χ2v) is 7.99. The lowest BCUT2D eigenvalue weighted by Gasteiger charge is -2.55. The number of likely N-dealkylation sites (tertiary alicyclic amines) is 1. The maximum Gasteiger partial charge on any atom is 0.222 e. The molecule has 8 heteroatoms. The molecule has 0 aromatic rings. The van der Waals surface area contributed by atoms with E-state index in [1.54, 1.807) is 32.1 Å². The van der Waals surface area contributed by atoms with Crippen molar-refractivity contribution in [2.45, 2.75) is 38.8 Å². The molecule has 3 saturated heterocycles. The smallest absolute Gasteiger partial charge is 0.222 e. The van der Waals surface area contributed by atoms with Crippen LogP contribution in [0.1, 0.15) is 26.7 Å². The molecule has 3 atom stereocenters. The van der Waals surface area contributed by atoms with Gasteiger partial charge in [-0.25, -0.2) is 0 Å². The normalized spacial score (nSPS) is 31.3. The van der Waals surface area contributed by atoms with Crippen LogP contribution in [-0.2, 0) is 25.5 Å². The number of hydrogen-bond acceptors (Lipinski definition) is 5. The van der Waals surface area contributed by atoms with E-state index in [-0.39, 0.29) is 11.3 Å². The van der Waals surface area contributed by atoms with Crippen LogP contribution in [0, 0.1) is 5.41 Å². The number of amides is 1. The lowest BCUT2D eigenvalue weighted by molar-refractivity contribution is -0.195. The lowest BCUT2D eigenvalue weighted by atomic mass is 9.78. The molecule has 26 heavy (non-hydrogen) atoms. The quantitative estimate of drug-likeness (QED) is 0.674. The van der Waals surface area contributed by atoms with Crippen LogP contribution in [0.5, 0.6) is 0 Å². The highest BCUT2D eigenvalue weighted by Crippen LogP contribution is 2.38. The van der Waals surface area contributed by atoms with Gasteiger partial charge in [-0.1, -0.05) is 18.7 Å². The summed E-state index contributed by atoms with van der Waals surface area (Å²) in [6, 6.07) is -0.392. The maximum atomic E-state index is 12.4. The van der Waals surface area contributed by atoms with Gasteiger partial charge >= 0.3 is 0 Å². The molecule has 3 aliphatic rings. The molecule has 7 nitrogen and oxygen atoms in total. The van der Waals surface area contributed by atoms with E-state index in [0.29, 0.717) is 24.3 Å². The minimum absolute atomic E-state index is 0.0826. The third-order valence-corrected chi connectivity index (χ3v) is 6.09. The molecule has 3 rings (SSSR count). The van der Waals surface area contributed by atoms with Crippen molar-refractivity contribution < 1.29 is 23.0 Å². The highest BCUT2D eigenvalue weighted by atomic mass is 32.2. The molecule has 0 radical (unpaired) electrons. The number of carbonyl (C=O) groups excluding carboxylic acids is 1. The Morgan fingerprint density at radius 2 is 2.15 bits per heavy atom. The summed E-state index contributed by atoms with van der Waals surface area (Å²) in [4.78, 5) is 14.2. The molecule has 0 aromatic carbocycles. The predicted octanol–water partition coefficient (Wildman–Crippen LogP) is 1.48. The van der Waals surface area contributed by atoms with Crippen LogP contribution in [0.15, 0.2) is 36.3 Å². The second kappa shape index (κ2) is 7.54. The van der Waals surface area contributed by atoms with E-state index in [4.69, 9.17) is 9.47 Å². The van der Waals surface area contributed by atoms with Gasteiger partial charge in [0.25, 0.3) is 0 Å². The summed E-state index contributed by atoms with van der Waals surface area (Å²) in [6.07, 6.45) is 5.30. The Hall–Kier alpha value is -1.64. The molecule has 2 unspecified atom stereocenters. The Labute approximate surface area is 156 Å². The van der Waals surface area contributed by atoms with Crippen LogP contribution in [0.2, 0.25) is 0 Å². The van der Waals surface area contributed by atoms with E-state index >= 15 is 0 Å². The van der Waals surface area contributed by atoms with Crippen molar-refractivity contribution in [2.75, 3.05) is 26.3 Å². The number of hydrogen-bond donors (Lipinski definition) is 0. The summed E-state index contributed by atoms with van der Waals surface area (Å²) in [5.74, 6) is 0.538. The van der Waals surface area contributed by atoms with Gasteiger partial charge in [-0.3, -0.25) is 13.3 Å². The zero-order valence-electron chi connectivity index (χ0n) is 15.2. The average Bonchev–Trinajstić information content (AvgIpc) is 2.51. The monoisotopic (exact) mass is 381 g/mol. The first kappa shape index (κ1) is 19.1. The summed E-state index contributed by atoms with van der Waals surface area (Å²) >= 11 is -2.42. The van der Waals surface area contributed by atoms with Crippen molar-refractivity contribution in [1.29, 1.82) is 0 Å². The van der Waals surface area contributed by atoms with Crippen LogP contribution in [0.4, 0.5) is 0 Å². The van der Waals surface area contributed by atoms with Crippen molar-refractivity contribution in [1.82, 2.24) is 9.21 Å². The van der Waals surface area contributed by atoms with Gasteiger partial charge in [-0.2, -0.15) is 0 Å². The molecule has 0 aromatic heterocycles. The molecule has 1 spiro atoms. The molecule has 0 saturated carbocycles. The summed E-state index contributed by atoms with van der Waals surface area (Å²) < 4.78 is 36.0. The molecule has 3 aliphatic heterocycles. The number of allylic oxidation sites excluding steroid dienone is 3. The SMILES string of the molecule is C=C/C=C1/OC(CCC(=O)N2CC3(COC3)C2)[C@@H](C)N(S(=O)[O-])/C1=C/C. The molecular weight excluding hydrogens is 356 g/mol. The van der Waals surface area contributed by atoms with Gasteiger partial charge in [0.1, 0.15) is 11.9 Å². The third kappa shape index (κ3) is 3.45. The third-order valence-electron chi connectivity index (χ3n) is 5.24. The first-order valence-corrected chi connectivity index (χ1v) is 9.84. The summed E-state index contributed by atoms with van der Waals surface area (Å²) in [7, 11) is 0. The van der Waals surface area contributed by atoms with E-state index in [9.17, 15) is 13.6 Å². The van der Waals surface area contributed by atoms with Gasteiger partial charge in [0.2, 0.25) is 5.91 Å². The second-order valence-electron chi connectivity index (χ2n) is 7.16. The zero-order chi connectivity index (χ0) is 18.9. The fourth-order valence-electron chi connectivity index (χ4n) is 3.76. The molecule has 3 heterocycles. The van der Waals surface area contributed by atoms with Crippen LogP contribution in [-0.4, -0.2) is 62.3 Å². The highest BCUT2D eigenvalue weighted by Gasteiger charge is 2.50. The highest BCUT2D eigenvalue weighted by molar-refractivity contribution is 7.76. The maximum absolute atomic E-state index is 12.4. The molecule has 1 amide bonds. The first-order chi connectivity index (χ1) is 12.4.